The lowest BCUT2D eigenvalue weighted by Gasteiger charge is -2.25. The van der Waals surface area contributed by atoms with Gasteiger partial charge in [0, 0.05) is 36.1 Å². The van der Waals surface area contributed by atoms with Gasteiger partial charge in [0.15, 0.2) is 0 Å². The zero-order chi connectivity index (χ0) is 34.0. The number of benzene rings is 3. The van der Waals surface area contributed by atoms with Crippen LogP contribution in [0.3, 0.4) is 0 Å². The molecule has 14 heteroatoms. The second kappa shape index (κ2) is 13.4. The second-order valence-electron chi connectivity index (χ2n) is 11.0. The summed E-state index contributed by atoms with van der Waals surface area (Å²) in [4.78, 5) is 46.8. The van der Waals surface area contributed by atoms with Gasteiger partial charge in [0.05, 0.1) is 34.1 Å². The minimum absolute atomic E-state index is 0.0631. The first-order valence-electron chi connectivity index (χ1n) is 14.7. The van der Waals surface area contributed by atoms with Crippen LogP contribution in [-0.2, 0) is 22.6 Å². The lowest BCUT2D eigenvalue weighted by atomic mass is 9.99. The number of ether oxygens (including phenoxy) is 1. The van der Waals surface area contributed by atoms with Crippen LogP contribution in [0.15, 0.2) is 79.0 Å². The maximum atomic E-state index is 13.5. The third-order valence-corrected chi connectivity index (χ3v) is 8.54. The molecule has 1 amide bonds. The summed E-state index contributed by atoms with van der Waals surface area (Å²) in [7, 11) is 3.47. The molecule has 0 aliphatic carbocycles. The number of nitrogens with zero attached hydrogens (tertiary/aromatic N) is 5. The van der Waals surface area contributed by atoms with Gasteiger partial charge in [-0.25, -0.2) is 19.7 Å². The molecule has 246 valence electrons. The number of amides is 1. The number of alkyl halides is 3. The van der Waals surface area contributed by atoms with E-state index in [9.17, 15) is 22.8 Å². The summed E-state index contributed by atoms with van der Waals surface area (Å²) >= 11 is 1.37. The molecule has 3 heterocycles. The summed E-state index contributed by atoms with van der Waals surface area (Å²) in [5.74, 6) is -2.91. The lowest BCUT2D eigenvalue weighted by molar-refractivity contribution is -0.199. The van der Waals surface area contributed by atoms with Crippen LogP contribution < -0.4 is 15.1 Å². The number of halogens is 3. The van der Waals surface area contributed by atoms with Gasteiger partial charge >= 0.3 is 12.1 Å². The van der Waals surface area contributed by atoms with Crippen LogP contribution >= 0.6 is 11.3 Å². The molecular formula is C34H29F3N6O4S. The molecule has 0 saturated heterocycles. The molecule has 3 aromatic carbocycles. The standard InChI is InChI=1S/C34H29F3N6O4S/c1-20-39-29(30(48-20)28-12-14-38-33(41-28)40-25-11-10-21-13-15-42(2)19-24(21)16-25)22-6-4-8-26(17-22)43(47-32(45)34(35,36)37)31(44)23-7-5-9-27(18-23)46-3/h4-12,14,16-18H,13,15,19H2,1-3H3,(H,38,40,41). The lowest BCUT2D eigenvalue weighted by Crippen LogP contribution is -2.38. The van der Waals surface area contributed by atoms with E-state index in [0.717, 1.165) is 25.2 Å². The van der Waals surface area contributed by atoms with Gasteiger partial charge in [-0.1, -0.05) is 24.3 Å². The Morgan fingerprint density at radius 2 is 1.81 bits per heavy atom. The number of aromatic nitrogens is 3. The largest absolute Gasteiger partial charge is 0.497 e. The highest BCUT2D eigenvalue weighted by Crippen LogP contribution is 2.38. The number of anilines is 3. The quantitative estimate of drug-likeness (QED) is 0.183. The van der Waals surface area contributed by atoms with Crippen LogP contribution in [0.4, 0.5) is 30.5 Å². The predicted octanol–water partition coefficient (Wildman–Crippen LogP) is 6.98. The summed E-state index contributed by atoms with van der Waals surface area (Å²) < 4.78 is 45.0. The zero-order valence-electron chi connectivity index (χ0n) is 26.0. The van der Waals surface area contributed by atoms with Crippen molar-refractivity contribution in [2.45, 2.75) is 26.1 Å². The number of hydroxylamine groups is 1. The van der Waals surface area contributed by atoms with Crippen molar-refractivity contribution in [3.8, 4) is 27.6 Å². The molecule has 0 spiro atoms. The number of fused-ring (bicyclic) bond motifs is 1. The van der Waals surface area contributed by atoms with Crippen molar-refractivity contribution in [1.29, 1.82) is 0 Å². The number of aryl methyl sites for hydroxylation is 1. The van der Waals surface area contributed by atoms with Crippen molar-refractivity contribution in [2.24, 2.45) is 0 Å². The van der Waals surface area contributed by atoms with Crippen molar-refractivity contribution >= 4 is 40.5 Å². The van der Waals surface area contributed by atoms with Gasteiger partial charge in [0.2, 0.25) is 5.95 Å². The highest BCUT2D eigenvalue weighted by Gasteiger charge is 2.44. The Hall–Kier alpha value is -5.34. The summed E-state index contributed by atoms with van der Waals surface area (Å²) in [6.07, 6.45) is -2.74. The molecule has 0 fully saturated rings. The summed E-state index contributed by atoms with van der Waals surface area (Å²) in [6.45, 7) is 3.68. The first-order valence-corrected chi connectivity index (χ1v) is 15.6. The minimum Gasteiger partial charge on any atom is -0.497 e. The number of rotatable bonds is 7. The average molecular weight is 675 g/mol. The van der Waals surface area contributed by atoms with Crippen LogP contribution in [0, 0.1) is 6.92 Å². The Kier molecular flexibility index (Phi) is 9.11. The molecule has 0 bridgehead atoms. The number of thiazole rings is 1. The van der Waals surface area contributed by atoms with Gasteiger partial charge in [-0.05, 0) is 80.1 Å². The Labute approximate surface area is 277 Å². The van der Waals surface area contributed by atoms with Gasteiger partial charge in [-0.15, -0.1) is 16.4 Å². The maximum absolute atomic E-state index is 13.5. The molecule has 48 heavy (non-hydrogen) atoms. The van der Waals surface area contributed by atoms with Crippen molar-refractivity contribution < 1.29 is 32.3 Å². The number of carbonyl (C=O) groups is 2. The van der Waals surface area contributed by atoms with E-state index in [-0.39, 0.29) is 17.0 Å². The highest BCUT2D eigenvalue weighted by molar-refractivity contribution is 7.15. The van der Waals surface area contributed by atoms with Crippen molar-refractivity contribution in [3.63, 3.8) is 0 Å². The molecule has 10 nitrogen and oxygen atoms in total. The molecule has 0 radical (unpaired) electrons. The van der Waals surface area contributed by atoms with Crippen molar-refractivity contribution in [3.05, 3.63) is 101 Å². The van der Waals surface area contributed by atoms with Crippen molar-refractivity contribution in [1.82, 2.24) is 19.9 Å². The molecule has 2 aromatic heterocycles. The molecule has 0 saturated carbocycles. The Morgan fingerprint density at radius 3 is 2.60 bits per heavy atom. The maximum Gasteiger partial charge on any atom is 0.493 e. The van der Waals surface area contributed by atoms with E-state index in [2.05, 4.69) is 44.2 Å². The third kappa shape index (κ3) is 7.14. The van der Waals surface area contributed by atoms with E-state index >= 15 is 0 Å². The number of likely N-dealkylation sites (N-methyl/N-ethyl adjacent to an activating group) is 1. The minimum atomic E-state index is -5.35. The van der Waals surface area contributed by atoms with Crippen LogP contribution in [-0.4, -0.2) is 58.6 Å². The van der Waals surface area contributed by atoms with Gasteiger partial charge in [-0.3, -0.25) is 4.79 Å². The first kappa shape index (κ1) is 32.6. The van der Waals surface area contributed by atoms with Gasteiger partial charge < -0.3 is 19.8 Å². The Bertz CT molecular complexity index is 2000. The number of hydrogen-bond donors (Lipinski definition) is 1. The summed E-state index contributed by atoms with van der Waals surface area (Å²) in [5, 5.41) is 4.30. The molecule has 1 aliphatic heterocycles. The fourth-order valence-electron chi connectivity index (χ4n) is 5.25. The van der Waals surface area contributed by atoms with E-state index < -0.39 is 18.1 Å². The van der Waals surface area contributed by atoms with E-state index in [1.165, 1.54) is 66.0 Å². The van der Waals surface area contributed by atoms with Gasteiger partial charge in [-0.2, -0.15) is 13.2 Å². The van der Waals surface area contributed by atoms with Crippen LogP contribution in [0.2, 0.25) is 0 Å². The fourth-order valence-corrected chi connectivity index (χ4v) is 6.16. The van der Waals surface area contributed by atoms with Crippen LogP contribution in [0.1, 0.15) is 26.5 Å². The molecule has 5 aromatic rings. The summed E-state index contributed by atoms with van der Waals surface area (Å²) in [6, 6.07) is 19.7. The number of hydrogen-bond acceptors (Lipinski definition) is 10. The normalized spacial score (nSPS) is 13.0. The number of methoxy groups -OCH3 is 1. The Balaban J connectivity index is 1.33. The molecule has 0 atom stereocenters. The van der Waals surface area contributed by atoms with E-state index in [1.54, 1.807) is 24.4 Å². The van der Waals surface area contributed by atoms with E-state index in [0.29, 0.717) is 37.8 Å². The van der Waals surface area contributed by atoms with E-state index in [4.69, 9.17) is 9.72 Å². The van der Waals surface area contributed by atoms with Crippen LogP contribution in [0.5, 0.6) is 5.75 Å². The predicted molar refractivity (Wildman–Crippen MR) is 175 cm³/mol. The van der Waals surface area contributed by atoms with Crippen molar-refractivity contribution in [2.75, 3.05) is 31.1 Å². The van der Waals surface area contributed by atoms with Gasteiger partial charge in [0.25, 0.3) is 5.91 Å². The molecular weight excluding hydrogens is 645 g/mol. The highest BCUT2D eigenvalue weighted by atomic mass is 32.1. The average Bonchev–Trinajstić information content (AvgIpc) is 3.48. The monoisotopic (exact) mass is 674 g/mol. The first-order chi connectivity index (χ1) is 23.0. The van der Waals surface area contributed by atoms with E-state index in [1.807, 2.05) is 13.0 Å². The Morgan fingerprint density at radius 1 is 1.00 bits per heavy atom. The number of carbonyl (C=O) groups excluding carboxylic acids is 2. The number of nitrogens with one attached hydrogen (secondary N) is 1. The SMILES string of the molecule is COc1cccc(C(=O)N(OC(=O)C(F)(F)F)c2cccc(-c3nc(C)sc3-c3ccnc(Nc4ccc5c(c4)CN(C)CC5)n3)c2)c1. The molecule has 0 unspecified atom stereocenters. The molecule has 1 N–H and O–H groups in total. The smallest absolute Gasteiger partial charge is 0.493 e. The molecule has 1 aliphatic rings. The van der Waals surface area contributed by atoms with Gasteiger partial charge in [0.1, 0.15) is 5.75 Å². The third-order valence-electron chi connectivity index (χ3n) is 7.55. The molecule has 6 rings (SSSR count). The van der Waals surface area contributed by atoms with Crippen LogP contribution in [0.25, 0.3) is 21.8 Å². The topological polar surface area (TPSA) is 110 Å². The second-order valence-corrected chi connectivity index (χ2v) is 12.2. The fraction of sp³-hybridized carbons (Fsp3) is 0.206. The zero-order valence-corrected chi connectivity index (χ0v) is 26.9. The summed E-state index contributed by atoms with van der Waals surface area (Å²) in [5.41, 5.74) is 4.70.